The van der Waals surface area contributed by atoms with Crippen LogP contribution in [0.2, 0.25) is 0 Å². The van der Waals surface area contributed by atoms with E-state index in [-0.39, 0.29) is 12.4 Å². The van der Waals surface area contributed by atoms with E-state index in [1.54, 1.807) is 0 Å². The molecular formula is C10H18O4. The van der Waals surface area contributed by atoms with E-state index in [9.17, 15) is 9.59 Å². The van der Waals surface area contributed by atoms with Crippen LogP contribution in [0.1, 0.15) is 38.5 Å². The lowest BCUT2D eigenvalue weighted by Crippen LogP contribution is -2.12. The summed E-state index contributed by atoms with van der Waals surface area (Å²) in [5, 5.41) is 17.5. The number of unbranched alkanes of at least 4 members (excludes halogenated alkanes) is 1. The van der Waals surface area contributed by atoms with E-state index >= 15 is 0 Å². The van der Waals surface area contributed by atoms with Gasteiger partial charge in [-0.1, -0.05) is 0 Å². The summed E-state index contributed by atoms with van der Waals surface area (Å²) in [5.74, 6) is 0.122. The lowest BCUT2D eigenvalue weighted by atomic mass is 10.1. The van der Waals surface area contributed by atoms with Crippen molar-refractivity contribution in [3.8, 4) is 0 Å². The average Bonchev–Trinajstić information content (AvgIpc) is 2.18. The normalized spacial score (nSPS) is 12.4. The van der Waals surface area contributed by atoms with Crippen LogP contribution in [0.4, 0.5) is 0 Å². The monoisotopic (exact) mass is 202 g/mol. The van der Waals surface area contributed by atoms with E-state index in [0.717, 1.165) is 6.29 Å². The number of aldehydes is 1. The molecular weight excluding hydrogens is 184 g/mol. The quantitative estimate of drug-likeness (QED) is 0.420. The Bertz CT molecular complexity index is 168. The highest BCUT2D eigenvalue weighted by Gasteiger charge is 2.05. The van der Waals surface area contributed by atoms with Gasteiger partial charge in [0.2, 0.25) is 0 Å². The number of rotatable bonds is 9. The molecule has 0 aliphatic carbocycles. The summed E-state index contributed by atoms with van der Waals surface area (Å²) in [4.78, 5) is 21.1. The maximum absolute atomic E-state index is 11.1. The summed E-state index contributed by atoms with van der Waals surface area (Å²) in [6.07, 6.45) is 3.07. The number of hydrogen-bond donors (Lipinski definition) is 2. The van der Waals surface area contributed by atoms with E-state index in [0.29, 0.717) is 38.5 Å². The zero-order chi connectivity index (χ0) is 10.8. The van der Waals surface area contributed by atoms with Gasteiger partial charge in [-0.2, -0.15) is 0 Å². The molecule has 1 atom stereocenters. The minimum atomic E-state index is -0.710. The molecule has 0 aliphatic rings. The molecule has 0 bridgehead atoms. The van der Waals surface area contributed by atoms with Crippen molar-refractivity contribution < 1.29 is 19.8 Å². The van der Waals surface area contributed by atoms with Crippen molar-refractivity contribution in [2.24, 2.45) is 0 Å². The topological polar surface area (TPSA) is 74.6 Å². The first kappa shape index (κ1) is 13.3. The minimum Gasteiger partial charge on any atom is -0.394 e. The van der Waals surface area contributed by atoms with Crippen LogP contribution in [0, 0.1) is 0 Å². The number of Topliss-reactive ketones (excluding diaryl/α,β-unsaturated/α-hetero) is 1. The summed E-state index contributed by atoms with van der Waals surface area (Å²) in [6, 6.07) is 0. The lowest BCUT2D eigenvalue weighted by molar-refractivity contribution is -0.119. The summed E-state index contributed by atoms with van der Waals surface area (Å²) in [6.45, 7) is -0.251. The molecule has 14 heavy (non-hydrogen) atoms. The molecule has 0 rings (SSSR count). The predicted octanol–water partition coefficient (Wildman–Crippen LogP) is 0.448. The summed E-state index contributed by atoms with van der Waals surface area (Å²) in [7, 11) is 0. The van der Waals surface area contributed by atoms with Crippen molar-refractivity contribution >= 4 is 12.1 Å². The van der Waals surface area contributed by atoms with Gasteiger partial charge in [0.1, 0.15) is 12.1 Å². The second-order valence-electron chi connectivity index (χ2n) is 3.33. The molecule has 0 aromatic heterocycles. The van der Waals surface area contributed by atoms with Crippen LogP contribution < -0.4 is 0 Å². The largest absolute Gasteiger partial charge is 0.394 e. The minimum absolute atomic E-state index is 0.122. The van der Waals surface area contributed by atoms with Crippen molar-refractivity contribution in [1.29, 1.82) is 0 Å². The van der Waals surface area contributed by atoms with E-state index in [1.165, 1.54) is 0 Å². The van der Waals surface area contributed by atoms with Gasteiger partial charge < -0.3 is 15.0 Å². The Hall–Kier alpha value is -0.740. The molecule has 0 saturated heterocycles. The molecule has 0 fully saturated rings. The van der Waals surface area contributed by atoms with E-state index in [4.69, 9.17) is 10.2 Å². The van der Waals surface area contributed by atoms with Gasteiger partial charge >= 0.3 is 0 Å². The second kappa shape index (κ2) is 8.84. The summed E-state index contributed by atoms with van der Waals surface area (Å²) in [5.41, 5.74) is 0. The Balaban J connectivity index is 3.30. The summed E-state index contributed by atoms with van der Waals surface area (Å²) < 4.78 is 0. The van der Waals surface area contributed by atoms with Gasteiger partial charge in [-0.05, 0) is 19.3 Å². The van der Waals surface area contributed by atoms with Crippen LogP contribution in [0.5, 0.6) is 0 Å². The first-order chi connectivity index (χ1) is 6.70. The van der Waals surface area contributed by atoms with Gasteiger partial charge in [0, 0.05) is 19.3 Å². The lowest BCUT2D eigenvalue weighted by Gasteiger charge is -2.05. The average molecular weight is 202 g/mol. The van der Waals surface area contributed by atoms with Crippen LogP contribution in [0.25, 0.3) is 0 Å². The molecule has 0 amide bonds. The number of aliphatic hydroxyl groups is 2. The highest BCUT2D eigenvalue weighted by atomic mass is 16.3. The zero-order valence-electron chi connectivity index (χ0n) is 8.32. The van der Waals surface area contributed by atoms with Crippen LogP contribution in [-0.2, 0) is 9.59 Å². The molecule has 4 nitrogen and oxygen atoms in total. The maximum atomic E-state index is 11.1. The SMILES string of the molecule is O=CCCCC(=O)CCCC(O)CO. The number of carbonyl (C=O) groups excluding carboxylic acids is 2. The van der Waals surface area contributed by atoms with Crippen molar-refractivity contribution in [2.75, 3.05) is 6.61 Å². The predicted molar refractivity (Wildman–Crippen MR) is 51.9 cm³/mol. The van der Waals surface area contributed by atoms with Gasteiger partial charge in [-0.3, -0.25) is 4.79 Å². The number of aliphatic hydroxyl groups excluding tert-OH is 2. The highest BCUT2D eigenvalue weighted by molar-refractivity contribution is 5.78. The Labute approximate surface area is 83.9 Å². The number of ketones is 1. The first-order valence-corrected chi connectivity index (χ1v) is 4.95. The Morgan fingerprint density at radius 3 is 2.50 bits per heavy atom. The summed E-state index contributed by atoms with van der Waals surface area (Å²) >= 11 is 0. The van der Waals surface area contributed by atoms with Gasteiger partial charge in [-0.25, -0.2) is 0 Å². The smallest absolute Gasteiger partial charge is 0.132 e. The van der Waals surface area contributed by atoms with Crippen LogP contribution in [0.3, 0.4) is 0 Å². The van der Waals surface area contributed by atoms with Crippen LogP contribution in [0.15, 0.2) is 0 Å². The molecule has 0 spiro atoms. The van der Waals surface area contributed by atoms with Crippen molar-refractivity contribution in [2.45, 2.75) is 44.6 Å². The third-order valence-corrected chi connectivity index (χ3v) is 1.98. The molecule has 0 saturated carbocycles. The molecule has 1 unspecified atom stereocenters. The fraction of sp³-hybridized carbons (Fsp3) is 0.800. The van der Waals surface area contributed by atoms with Gasteiger partial charge in [0.05, 0.1) is 12.7 Å². The van der Waals surface area contributed by atoms with Gasteiger partial charge in [-0.15, -0.1) is 0 Å². The van der Waals surface area contributed by atoms with E-state index in [2.05, 4.69) is 0 Å². The first-order valence-electron chi connectivity index (χ1n) is 4.95. The van der Waals surface area contributed by atoms with Crippen molar-refractivity contribution in [1.82, 2.24) is 0 Å². The molecule has 82 valence electrons. The fourth-order valence-electron chi connectivity index (χ4n) is 1.13. The van der Waals surface area contributed by atoms with Crippen molar-refractivity contribution in [3.63, 3.8) is 0 Å². The highest BCUT2D eigenvalue weighted by Crippen LogP contribution is 2.05. The molecule has 4 heteroatoms. The van der Waals surface area contributed by atoms with Gasteiger partial charge in [0.25, 0.3) is 0 Å². The molecule has 2 N–H and O–H groups in total. The number of hydrogen-bond acceptors (Lipinski definition) is 4. The van der Waals surface area contributed by atoms with Gasteiger partial charge in [0.15, 0.2) is 0 Å². The van der Waals surface area contributed by atoms with E-state index < -0.39 is 6.10 Å². The van der Waals surface area contributed by atoms with Crippen LogP contribution >= 0.6 is 0 Å². The third-order valence-electron chi connectivity index (χ3n) is 1.98. The fourth-order valence-corrected chi connectivity index (χ4v) is 1.13. The Morgan fingerprint density at radius 1 is 1.29 bits per heavy atom. The standard InChI is InChI=1S/C10H18O4/c11-7-2-1-4-9(13)5-3-6-10(14)8-12/h7,10,12,14H,1-6,8H2. The maximum Gasteiger partial charge on any atom is 0.132 e. The Kier molecular flexibility index (Phi) is 8.37. The van der Waals surface area contributed by atoms with E-state index in [1.807, 2.05) is 0 Å². The van der Waals surface area contributed by atoms with Crippen LogP contribution in [-0.4, -0.2) is 35.0 Å². The molecule has 0 aliphatic heterocycles. The number of carbonyl (C=O) groups is 2. The Morgan fingerprint density at radius 2 is 1.93 bits per heavy atom. The third kappa shape index (κ3) is 7.89. The molecule has 0 radical (unpaired) electrons. The molecule has 0 aromatic carbocycles. The zero-order valence-corrected chi connectivity index (χ0v) is 8.32. The molecule has 0 aromatic rings. The second-order valence-corrected chi connectivity index (χ2v) is 3.33. The van der Waals surface area contributed by atoms with Crippen molar-refractivity contribution in [3.05, 3.63) is 0 Å². The molecule has 0 heterocycles.